The average Bonchev–Trinajstić information content (AvgIpc) is 2.37. The van der Waals surface area contributed by atoms with Crippen molar-refractivity contribution in [3.8, 4) is 5.75 Å². The van der Waals surface area contributed by atoms with Crippen LogP contribution in [0.15, 0.2) is 36.9 Å². The van der Waals surface area contributed by atoms with Gasteiger partial charge in [0.2, 0.25) is 0 Å². The van der Waals surface area contributed by atoms with Crippen LogP contribution < -0.4 is 10.1 Å². The SMILES string of the molecule is C=CCNC(=O)C(C)Oc1ccccc1CC(=O)O. The van der Waals surface area contributed by atoms with Gasteiger partial charge in [-0.15, -0.1) is 6.58 Å². The molecule has 0 radical (unpaired) electrons. The maximum Gasteiger partial charge on any atom is 0.307 e. The second-order valence-electron chi connectivity index (χ2n) is 3.97. The minimum Gasteiger partial charge on any atom is -0.481 e. The Morgan fingerprint density at radius 1 is 1.47 bits per heavy atom. The molecule has 0 fully saturated rings. The molecule has 0 saturated carbocycles. The third-order valence-corrected chi connectivity index (χ3v) is 2.41. The number of carbonyl (C=O) groups excluding carboxylic acids is 1. The van der Waals surface area contributed by atoms with Crippen LogP contribution in [0, 0.1) is 0 Å². The number of para-hydroxylation sites is 1. The highest BCUT2D eigenvalue weighted by molar-refractivity contribution is 5.81. The Kier molecular flexibility index (Phi) is 5.60. The Hall–Kier alpha value is -2.30. The summed E-state index contributed by atoms with van der Waals surface area (Å²) in [5.74, 6) is -0.809. The normalized spacial score (nSPS) is 11.4. The number of hydrogen-bond acceptors (Lipinski definition) is 3. The molecule has 5 heteroatoms. The summed E-state index contributed by atoms with van der Waals surface area (Å²) in [6.45, 7) is 5.47. The third kappa shape index (κ3) is 4.83. The van der Waals surface area contributed by atoms with Gasteiger partial charge in [-0.3, -0.25) is 9.59 Å². The number of aliphatic carboxylic acids is 1. The molecular weight excluding hydrogens is 246 g/mol. The minimum atomic E-state index is -0.945. The van der Waals surface area contributed by atoms with E-state index in [2.05, 4.69) is 11.9 Å². The molecule has 0 aliphatic rings. The molecule has 5 nitrogen and oxygen atoms in total. The monoisotopic (exact) mass is 263 g/mol. The lowest BCUT2D eigenvalue weighted by Gasteiger charge is -2.16. The predicted molar refractivity (Wildman–Crippen MR) is 71.1 cm³/mol. The molecular formula is C14H17NO4. The van der Waals surface area contributed by atoms with Crippen LogP contribution in [0.2, 0.25) is 0 Å². The number of nitrogens with one attached hydrogen (secondary N) is 1. The first kappa shape index (κ1) is 14.8. The van der Waals surface area contributed by atoms with E-state index in [0.717, 1.165) is 0 Å². The van der Waals surface area contributed by atoms with Crippen LogP contribution >= 0.6 is 0 Å². The van der Waals surface area contributed by atoms with Crippen molar-refractivity contribution in [2.75, 3.05) is 6.54 Å². The van der Waals surface area contributed by atoms with E-state index >= 15 is 0 Å². The van der Waals surface area contributed by atoms with Gasteiger partial charge in [-0.2, -0.15) is 0 Å². The fourth-order valence-electron chi connectivity index (χ4n) is 1.49. The fraction of sp³-hybridized carbons (Fsp3) is 0.286. The number of carboxylic acid groups (broad SMARTS) is 1. The number of hydrogen-bond donors (Lipinski definition) is 2. The quantitative estimate of drug-likeness (QED) is 0.729. The number of carboxylic acids is 1. The molecule has 0 spiro atoms. The van der Waals surface area contributed by atoms with Gasteiger partial charge < -0.3 is 15.2 Å². The molecule has 1 aromatic rings. The van der Waals surface area contributed by atoms with Crippen molar-refractivity contribution in [1.82, 2.24) is 5.32 Å². The molecule has 1 rings (SSSR count). The van der Waals surface area contributed by atoms with Crippen LogP contribution in [0.4, 0.5) is 0 Å². The standard InChI is InChI=1S/C14H17NO4/c1-3-8-15-14(18)10(2)19-12-7-5-4-6-11(12)9-13(16)17/h3-7,10H,1,8-9H2,2H3,(H,15,18)(H,16,17). The largest absolute Gasteiger partial charge is 0.481 e. The van der Waals surface area contributed by atoms with E-state index in [9.17, 15) is 9.59 Å². The minimum absolute atomic E-state index is 0.142. The number of rotatable bonds is 7. The molecule has 0 bridgehead atoms. The molecule has 1 aromatic carbocycles. The van der Waals surface area contributed by atoms with Gasteiger partial charge in [0.25, 0.3) is 5.91 Å². The lowest BCUT2D eigenvalue weighted by atomic mass is 10.1. The molecule has 19 heavy (non-hydrogen) atoms. The maximum atomic E-state index is 11.6. The topological polar surface area (TPSA) is 75.6 Å². The summed E-state index contributed by atoms with van der Waals surface area (Å²) in [6.07, 6.45) is 0.732. The van der Waals surface area contributed by atoms with Gasteiger partial charge in [-0.25, -0.2) is 0 Å². The highest BCUT2D eigenvalue weighted by atomic mass is 16.5. The molecule has 1 amide bonds. The van der Waals surface area contributed by atoms with Gasteiger partial charge in [0, 0.05) is 12.1 Å². The Morgan fingerprint density at radius 2 is 2.16 bits per heavy atom. The van der Waals surface area contributed by atoms with E-state index in [1.54, 1.807) is 37.3 Å². The average molecular weight is 263 g/mol. The lowest BCUT2D eigenvalue weighted by molar-refractivity contribution is -0.136. The smallest absolute Gasteiger partial charge is 0.307 e. The van der Waals surface area contributed by atoms with Crippen LogP contribution in [-0.2, 0) is 16.0 Å². The molecule has 0 aliphatic carbocycles. The Bertz CT molecular complexity index is 470. The molecule has 0 saturated heterocycles. The molecule has 2 N–H and O–H groups in total. The van der Waals surface area contributed by atoms with E-state index in [1.165, 1.54) is 0 Å². The van der Waals surface area contributed by atoms with Crippen molar-refractivity contribution >= 4 is 11.9 Å². The summed E-state index contributed by atoms with van der Waals surface area (Å²) in [7, 11) is 0. The Balaban J connectivity index is 2.72. The van der Waals surface area contributed by atoms with Gasteiger partial charge in [-0.05, 0) is 13.0 Å². The summed E-state index contributed by atoms with van der Waals surface area (Å²) in [4.78, 5) is 22.4. The van der Waals surface area contributed by atoms with Crippen molar-refractivity contribution in [2.45, 2.75) is 19.4 Å². The zero-order valence-corrected chi connectivity index (χ0v) is 10.8. The highest BCUT2D eigenvalue weighted by Gasteiger charge is 2.16. The summed E-state index contributed by atoms with van der Waals surface area (Å²) in [6, 6.07) is 6.77. The van der Waals surface area contributed by atoms with Crippen LogP contribution in [0.25, 0.3) is 0 Å². The van der Waals surface area contributed by atoms with Gasteiger partial charge in [0.1, 0.15) is 5.75 Å². The van der Waals surface area contributed by atoms with Crippen molar-refractivity contribution in [1.29, 1.82) is 0 Å². The van der Waals surface area contributed by atoms with Crippen molar-refractivity contribution in [2.24, 2.45) is 0 Å². The first-order valence-corrected chi connectivity index (χ1v) is 5.89. The van der Waals surface area contributed by atoms with E-state index in [4.69, 9.17) is 9.84 Å². The molecule has 0 aliphatic heterocycles. The van der Waals surface area contributed by atoms with Gasteiger partial charge in [0.05, 0.1) is 6.42 Å². The molecule has 1 unspecified atom stereocenters. The summed E-state index contributed by atoms with van der Waals surface area (Å²) in [5.41, 5.74) is 0.540. The number of carbonyl (C=O) groups is 2. The Labute approximate surface area is 111 Å². The zero-order chi connectivity index (χ0) is 14.3. The third-order valence-electron chi connectivity index (χ3n) is 2.41. The second-order valence-corrected chi connectivity index (χ2v) is 3.97. The van der Waals surface area contributed by atoms with Crippen LogP contribution in [0.5, 0.6) is 5.75 Å². The number of amides is 1. The van der Waals surface area contributed by atoms with Crippen LogP contribution in [0.1, 0.15) is 12.5 Å². The lowest BCUT2D eigenvalue weighted by Crippen LogP contribution is -2.36. The number of ether oxygens (including phenoxy) is 1. The van der Waals surface area contributed by atoms with E-state index in [1.807, 2.05) is 0 Å². The summed E-state index contributed by atoms with van der Waals surface area (Å²) < 4.78 is 5.50. The van der Waals surface area contributed by atoms with Gasteiger partial charge >= 0.3 is 5.97 Å². The van der Waals surface area contributed by atoms with Crippen molar-refractivity contribution < 1.29 is 19.4 Å². The first-order valence-electron chi connectivity index (χ1n) is 5.89. The zero-order valence-electron chi connectivity index (χ0n) is 10.8. The summed E-state index contributed by atoms with van der Waals surface area (Å²) >= 11 is 0. The highest BCUT2D eigenvalue weighted by Crippen LogP contribution is 2.20. The van der Waals surface area contributed by atoms with Crippen LogP contribution in [-0.4, -0.2) is 29.6 Å². The van der Waals surface area contributed by atoms with E-state index in [-0.39, 0.29) is 12.3 Å². The maximum absolute atomic E-state index is 11.6. The van der Waals surface area contributed by atoms with E-state index in [0.29, 0.717) is 17.9 Å². The van der Waals surface area contributed by atoms with E-state index < -0.39 is 12.1 Å². The number of benzene rings is 1. The first-order chi connectivity index (χ1) is 9.04. The molecule has 0 heterocycles. The molecule has 1 atom stereocenters. The summed E-state index contributed by atoms with van der Waals surface area (Å²) in [5, 5.41) is 11.4. The predicted octanol–water partition coefficient (Wildman–Crippen LogP) is 1.38. The van der Waals surface area contributed by atoms with Gasteiger partial charge in [-0.1, -0.05) is 24.3 Å². The fourth-order valence-corrected chi connectivity index (χ4v) is 1.49. The molecule has 102 valence electrons. The van der Waals surface area contributed by atoms with Crippen molar-refractivity contribution in [3.05, 3.63) is 42.5 Å². The van der Waals surface area contributed by atoms with Crippen LogP contribution in [0.3, 0.4) is 0 Å². The molecule has 0 aromatic heterocycles. The Morgan fingerprint density at radius 3 is 2.79 bits per heavy atom. The van der Waals surface area contributed by atoms with Crippen molar-refractivity contribution in [3.63, 3.8) is 0 Å². The van der Waals surface area contributed by atoms with Gasteiger partial charge in [0.15, 0.2) is 6.10 Å². The second kappa shape index (κ2) is 7.20.